The Morgan fingerprint density at radius 3 is 2.81 bits per heavy atom. The lowest BCUT2D eigenvalue weighted by atomic mass is 10.2. The number of carbonyl (C=O) groups is 1. The van der Waals surface area contributed by atoms with Crippen LogP contribution in [0.5, 0.6) is 0 Å². The molecule has 16 heavy (non-hydrogen) atoms. The highest BCUT2D eigenvalue weighted by Crippen LogP contribution is 2.36. The number of fused-ring (bicyclic) bond motifs is 1. The number of carbonyl (C=O) groups excluding carboxylic acids is 1. The molecule has 0 spiro atoms. The molecule has 0 fully saturated rings. The van der Waals surface area contributed by atoms with Crippen molar-refractivity contribution in [1.82, 2.24) is 10.3 Å². The maximum Gasteiger partial charge on any atom is 0.262 e. The van der Waals surface area contributed by atoms with Crippen LogP contribution in [0.25, 0.3) is 10.2 Å². The summed E-state index contributed by atoms with van der Waals surface area (Å²) in [7, 11) is 1.63. The van der Waals surface area contributed by atoms with Gasteiger partial charge in [-0.2, -0.15) is 0 Å². The van der Waals surface area contributed by atoms with Gasteiger partial charge in [0, 0.05) is 18.1 Å². The van der Waals surface area contributed by atoms with Crippen molar-refractivity contribution in [2.45, 2.75) is 13.8 Å². The van der Waals surface area contributed by atoms with Gasteiger partial charge < -0.3 is 5.32 Å². The second-order valence-corrected chi connectivity index (χ2v) is 5.38. The van der Waals surface area contributed by atoms with Crippen molar-refractivity contribution in [3.63, 3.8) is 0 Å². The third-order valence-corrected chi connectivity index (χ3v) is 4.50. The Morgan fingerprint density at radius 2 is 2.19 bits per heavy atom. The van der Waals surface area contributed by atoms with Crippen molar-refractivity contribution in [2.24, 2.45) is 0 Å². The van der Waals surface area contributed by atoms with E-state index in [1.165, 1.54) is 11.3 Å². The van der Waals surface area contributed by atoms with Gasteiger partial charge in [-0.1, -0.05) is 0 Å². The van der Waals surface area contributed by atoms with Gasteiger partial charge in [0.1, 0.15) is 9.71 Å². The minimum absolute atomic E-state index is 0.0769. The molecule has 0 bridgehead atoms. The van der Waals surface area contributed by atoms with Crippen molar-refractivity contribution in [2.75, 3.05) is 7.05 Å². The zero-order valence-electron chi connectivity index (χ0n) is 9.22. The molecule has 84 valence electrons. The molecular formula is C11H11BrN2OS. The second-order valence-electron chi connectivity index (χ2n) is 3.58. The fraction of sp³-hybridized carbons (Fsp3) is 0.273. The zero-order chi connectivity index (χ0) is 11.9. The first kappa shape index (κ1) is 11.5. The van der Waals surface area contributed by atoms with Crippen LogP contribution >= 0.6 is 27.3 Å². The van der Waals surface area contributed by atoms with Crippen LogP contribution in [0.15, 0.2) is 10.5 Å². The van der Waals surface area contributed by atoms with Gasteiger partial charge in [-0.25, -0.2) is 4.98 Å². The molecule has 0 aliphatic heterocycles. The molecule has 2 rings (SSSR count). The van der Waals surface area contributed by atoms with Gasteiger partial charge in [0.25, 0.3) is 5.91 Å². The van der Waals surface area contributed by atoms with Crippen molar-refractivity contribution in [3.8, 4) is 0 Å². The Kier molecular flexibility index (Phi) is 2.99. The number of nitrogens with zero attached hydrogens (tertiary/aromatic N) is 1. The summed E-state index contributed by atoms with van der Waals surface area (Å²) in [5.74, 6) is -0.0769. The van der Waals surface area contributed by atoms with Crippen LogP contribution in [0.1, 0.15) is 20.9 Å². The Labute approximate surface area is 106 Å². The SMILES string of the molecule is CNC(=O)c1sc2nc(C)cc(C)c2c1Br. The number of halogens is 1. The van der Waals surface area contributed by atoms with E-state index in [0.29, 0.717) is 4.88 Å². The molecular weight excluding hydrogens is 288 g/mol. The molecule has 0 unspecified atom stereocenters. The van der Waals surface area contributed by atoms with Crippen molar-refractivity contribution < 1.29 is 4.79 Å². The summed E-state index contributed by atoms with van der Waals surface area (Å²) in [6.45, 7) is 3.99. The highest BCUT2D eigenvalue weighted by Gasteiger charge is 2.17. The van der Waals surface area contributed by atoms with Crippen LogP contribution in [-0.4, -0.2) is 17.9 Å². The molecule has 0 aliphatic rings. The smallest absolute Gasteiger partial charge is 0.262 e. The topological polar surface area (TPSA) is 42.0 Å². The summed E-state index contributed by atoms with van der Waals surface area (Å²) in [6, 6.07) is 2.02. The fourth-order valence-electron chi connectivity index (χ4n) is 1.66. The number of hydrogen-bond donors (Lipinski definition) is 1. The quantitative estimate of drug-likeness (QED) is 0.879. The lowest BCUT2D eigenvalue weighted by Gasteiger charge is -1.98. The average Bonchev–Trinajstić information content (AvgIpc) is 2.54. The van der Waals surface area contributed by atoms with Gasteiger partial charge in [-0.15, -0.1) is 11.3 Å². The van der Waals surface area contributed by atoms with E-state index >= 15 is 0 Å². The Hall–Kier alpha value is -0.940. The highest BCUT2D eigenvalue weighted by molar-refractivity contribution is 9.10. The van der Waals surface area contributed by atoms with Crippen LogP contribution in [0.2, 0.25) is 0 Å². The van der Waals surface area contributed by atoms with Crippen LogP contribution in [0.4, 0.5) is 0 Å². The highest BCUT2D eigenvalue weighted by atomic mass is 79.9. The normalized spacial score (nSPS) is 10.8. The lowest BCUT2D eigenvalue weighted by Crippen LogP contribution is -2.16. The molecule has 3 nitrogen and oxygen atoms in total. The summed E-state index contributed by atoms with van der Waals surface area (Å²) < 4.78 is 0.844. The molecule has 5 heteroatoms. The molecule has 0 aromatic carbocycles. The molecule has 0 saturated carbocycles. The molecule has 2 aromatic heterocycles. The number of hydrogen-bond acceptors (Lipinski definition) is 3. The molecule has 0 radical (unpaired) electrons. The summed E-state index contributed by atoms with van der Waals surface area (Å²) >= 11 is 4.89. The number of amides is 1. The van der Waals surface area contributed by atoms with E-state index < -0.39 is 0 Å². The Balaban J connectivity index is 2.78. The third-order valence-electron chi connectivity index (χ3n) is 2.36. The summed E-state index contributed by atoms with van der Waals surface area (Å²) in [5, 5.41) is 3.67. The van der Waals surface area contributed by atoms with Crippen molar-refractivity contribution >= 4 is 43.4 Å². The van der Waals surface area contributed by atoms with Crippen LogP contribution in [-0.2, 0) is 0 Å². The van der Waals surface area contributed by atoms with Gasteiger partial charge in [0.2, 0.25) is 0 Å². The predicted molar refractivity (Wildman–Crippen MR) is 70.2 cm³/mol. The fourth-order valence-corrected chi connectivity index (χ4v) is 3.85. The van der Waals surface area contributed by atoms with Gasteiger partial charge in [0.05, 0.1) is 4.47 Å². The third kappa shape index (κ3) is 1.74. The van der Waals surface area contributed by atoms with E-state index in [1.54, 1.807) is 7.05 Å². The maximum absolute atomic E-state index is 11.6. The first-order chi connectivity index (χ1) is 7.54. The second kappa shape index (κ2) is 4.14. The molecule has 0 saturated heterocycles. The van der Waals surface area contributed by atoms with Gasteiger partial charge >= 0.3 is 0 Å². The van der Waals surface area contributed by atoms with Crippen LogP contribution < -0.4 is 5.32 Å². The van der Waals surface area contributed by atoms with Crippen molar-refractivity contribution in [3.05, 3.63) is 26.7 Å². The molecule has 2 aromatic rings. The number of nitrogens with one attached hydrogen (secondary N) is 1. The Bertz CT molecular complexity index is 577. The molecule has 1 amide bonds. The number of aryl methyl sites for hydroxylation is 2. The van der Waals surface area contributed by atoms with Crippen molar-refractivity contribution in [1.29, 1.82) is 0 Å². The number of aromatic nitrogens is 1. The van der Waals surface area contributed by atoms with E-state index in [9.17, 15) is 4.79 Å². The zero-order valence-corrected chi connectivity index (χ0v) is 11.6. The summed E-state index contributed by atoms with van der Waals surface area (Å²) in [4.78, 5) is 17.7. The van der Waals surface area contributed by atoms with E-state index in [2.05, 4.69) is 26.2 Å². The summed E-state index contributed by atoms with van der Waals surface area (Å²) in [6.07, 6.45) is 0. The van der Waals surface area contributed by atoms with Gasteiger partial charge in [-0.3, -0.25) is 4.79 Å². The number of thiophene rings is 1. The van der Waals surface area contributed by atoms with Crippen LogP contribution in [0, 0.1) is 13.8 Å². The molecule has 1 N–H and O–H groups in total. The lowest BCUT2D eigenvalue weighted by molar-refractivity contribution is 0.0966. The monoisotopic (exact) mass is 298 g/mol. The van der Waals surface area contributed by atoms with Crippen LogP contribution in [0.3, 0.4) is 0 Å². The van der Waals surface area contributed by atoms with E-state index in [-0.39, 0.29) is 5.91 Å². The minimum atomic E-state index is -0.0769. The van der Waals surface area contributed by atoms with E-state index in [1.807, 2.05) is 19.9 Å². The standard InChI is InChI=1S/C11H11BrN2OS/c1-5-4-6(2)14-11-7(5)8(12)9(16-11)10(15)13-3/h4H,1-3H3,(H,13,15). The van der Waals surface area contributed by atoms with Gasteiger partial charge in [0.15, 0.2) is 0 Å². The maximum atomic E-state index is 11.6. The first-order valence-electron chi connectivity index (χ1n) is 4.83. The first-order valence-corrected chi connectivity index (χ1v) is 6.44. The molecule has 0 atom stereocenters. The number of rotatable bonds is 1. The number of pyridine rings is 1. The predicted octanol–water partition coefficient (Wildman–Crippen LogP) is 3.04. The summed E-state index contributed by atoms with van der Waals surface area (Å²) in [5.41, 5.74) is 2.11. The van der Waals surface area contributed by atoms with E-state index in [0.717, 1.165) is 25.9 Å². The Morgan fingerprint density at radius 1 is 1.50 bits per heavy atom. The minimum Gasteiger partial charge on any atom is -0.354 e. The average molecular weight is 299 g/mol. The van der Waals surface area contributed by atoms with E-state index in [4.69, 9.17) is 0 Å². The molecule has 0 aliphatic carbocycles. The van der Waals surface area contributed by atoms with Gasteiger partial charge in [-0.05, 0) is 41.4 Å². The molecule has 2 heterocycles. The largest absolute Gasteiger partial charge is 0.354 e.